The summed E-state index contributed by atoms with van der Waals surface area (Å²) in [5, 5.41) is 2.69. The van der Waals surface area contributed by atoms with Crippen LogP contribution in [0, 0.1) is 19.8 Å². The van der Waals surface area contributed by atoms with E-state index in [4.69, 9.17) is 4.74 Å². The minimum Gasteiger partial charge on any atom is -0.455 e. The third kappa shape index (κ3) is 6.15. The normalized spacial score (nSPS) is 15.7. The van der Waals surface area contributed by atoms with E-state index in [1.807, 2.05) is 26.0 Å². The van der Waals surface area contributed by atoms with Crippen LogP contribution < -0.4 is 5.32 Å². The maximum Gasteiger partial charge on any atom is 0.416 e. The fourth-order valence-corrected chi connectivity index (χ4v) is 5.14. The van der Waals surface area contributed by atoms with Crippen molar-refractivity contribution in [1.82, 2.24) is 4.31 Å². The van der Waals surface area contributed by atoms with Gasteiger partial charge in [0.2, 0.25) is 10.0 Å². The smallest absolute Gasteiger partial charge is 0.416 e. The Morgan fingerprint density at radius 3 is 2.41 bits per heavy atom. The number of ether oxygens (including phenoxy) is 1. The standard InChI is InChI=1S/C23H25F3N2O5S/c1-15-6-7-16(2)20(12-15)27-21(29)14-33-22(30)17-8-10-28(11-9-17)34(31,32)19-5-3-4-18(13-19)23(24,25)26/h3-7,12-13,17H,8-11,14H2,1-2H3,(H,27,29). The second-order valence-corrected chi connectivity index (χ2v) is 10.1. The molecule has 3 rings (SSSR count). The molecule has 1 fully saturated rings. The molecule has 1 aliphatic rings. The van der Waals surface area contributed by atoms with Gasteiger partial charge in [-0.2, -0.15) is 17.5 Å². The lowest BCUT2D eigenvalue weighted by Gasteiger charge is -2.30. The predicted octanol–water partition coefficient (Wildman–Crippen LogP) is 3.90. The number of sulfonamides is 1. The number of aryl methyl sites for hydroxylation is 2. The molecule has 0 atom stereocenters. The van der Waals surface area contributed by atoms with E-state index in [1.165, 1.54) is 0 Å². The van der Waals surface area contributed by atoms with Crippen molar-refractivity contribution in [2.45, 2.75) is 37.8 Å². The summed E-state index contributed by atoms with van der Waals surface area (Å²) in [6.07, 6.45) is -4.39. The number of hydrogen-bond donors (Lipinski definition) is 1. The molecule has 1 aliphatic heterocycles. The average Bonchev–Trinajstić information content (AvgIpc) is 2.79. The van der Waals surface area contributed by atoms with Crippen LogP contribution in [0.1, 0.15) is 29.5 Å². The molecule has 0 spiro atoms. The molecule has 7 nitrogen and oxygen atoms in total. The van der Waals surface area contributed by atoms with Crippen molar-refractivity contribution in [3.8, 4) is 0 Å². The Morgan fingerprint density at radius 2 is 1.76 bits per heavy atom. The zero-order chi connectivity index (χ0) is 25.1. The molecule has 11 heteroatoms. The van der Waals surface area contributed by atoms with Crippen LogP contribution in [0.15, 0.2) is 47.4 Å². The van der Waals surface area contributed by atoms with Crippen LogP contribution >= 0.6 is 0 Å². The zero-order valence-corrected chi connectivity index (χ0v) is 19.5. The van der Waals surface area contributed by atoms with E-state index < -0.39 is 51.1 Å². The van der Waals surface area contributed by atoms with Gasteiger partial charge in [-0.25, -0.2) is 8.42 Å². The Labute approximate surface area is 196 Å². The van der Waals surface area contributed by atoms with Gasteiger partial charge in [0.15, 0.2) is 6.61 Å². The number of nitrogens with zero attached hydrogens (tertiary/aromatic N) is 1. The Hall–Kier alpha value is -2.92. The molecule has 2 aromatic rings. The summed E-state index contributed by atoms with van der Waals surface area (Å²) in [5.74, 6) is -1.72. The fraction of sp³-hybridized carbons (Fsp3) is 0.391. The molecular weight excluding hydrogens is 473 g/mol. The number of carbonyl (C=O) groups excluding carboxylic acids is 2. The van der Waals surface area contributed by atoms with Crippen molar-refractivity contribution in [3.05, 3.63) is 59.2 Å². The van der Waals surface area contributed by atoms with Gasteiger partial charge in [0.25, 0.3) is 5.91 Å². The highest BCUT2D eigenvalue weighted by molar-refractivity contribution is 7.89. The van der Waals surface area contributed by atoms with Crippen molar-refractivity contribution in [3.63, 3.8) is 0 Å². The number of nitrogens with one attached hydrogen (secondary N) is 1. The number of piperidine rings is 1. The SMILES string of the molecule is Cc1ccc(C)c(NC(=O)COC(=O)C2CCN(S(=O)(=O)c3cccc(C(F)(F)F)c3)CC2)c1. The molecule has 0 saturated carbocycles. The van der Waals surface area contributed by atoms with Crippen molar-refractivity contribution in [2.75, 3.05) is 25.0 Å². The van der Waals surface area contributed by atoms with Crippen LogP contribution in [-0.2, 0) is 30.5 Å². The molecule has 1 N–H and O–H groups in total. The summed E-state index contributed by atoms with van der Waals surface area (Å²) in [6.45, 7) is 3.14. The first-order valence-corrected chi connectivity index (χ1v) is 12.0. The number of benzene rings is 2. The molecule has 0 unspecified atom stereocenters. The van der Waals surface area contributed by atoms with E-state index in [1.54, 1.807) is 6.07 Å². The summed E-state index contributed by atoms with van der Waals surface area (Å²) in [6, 6.07) is 9.13. The maximum absolute atomic E-state index is 12.9. The zero-order valence-electron chi connectivity index (χ0n) is 18.7. The van der Waals surface area contributed by atoms with Crippen LogP contribution in [0.25, 0.3) is 0 Å². The number of amides is 1. The molecule has 0 aliphatic carbocycles. The topological polar surface area (TPSA) is 92.8 Å². The van der Waals surface area contributed by atoms with Gasteiger partial charge in [-0.15, -0.1) is 0 Å². The lowest BCUT2D eigenvalue weighted by molar-refractivity contribution is -0.152. The number of alkyl halides is 3. The van der Waals surface area contributed by atoms with Gasteiger partial charge in [0.05, 0.1) is 16.4 Å². The highest BCUT2D eigenvalue weighted by Gasteiger charge is 2.35. The molecular formula is C23H25F3N2O5S. The predicted molar refractivity (Wildman–Crippen MR) is 118 cm³/mol. The molecule has 1 heterocycles. The van der Waals surface area contributed by atoms with E-state index in [2.05, 4.69) is 5.32 Å². The van der Waals surface area contributed by atoms with Crippen molar-refractivity contribution in [1.29, 1.82) is 0 Å². The second-order valence-electron chi connectivity index (χ2n) is 8.18. The number of anilines is 1. The van der Waals surface area contributed by atoms with E-state index in [0.29, 0.717) is 11.8 Å². The number of hydrogen-bond acceptors (Lipinski definition) is 5. The minimum absolute atomic E-state index is 0.0486. The van der Waals surface area contributed by atoms with Gasteiger partial charge in [0, 0.05) is 18.8 Å². The van der Waals surface area contributed by atoms with Gasteiger partial charge in [-0.05, 0) is 62.1 Å². The molecule has 34 heavy (non-hydrogen) atoms. The minimum atomic E-state index is -4.66. The van der Waals surface area contributed by atoms with Crippen LogP contribution in [0.3, 0.4) is 0 Å². The molecule has 0 bridgehead atoms. The Morgan fingerprint density at radius 1 is 1.09 bits per heavy atom. The molecule has 2 aromatic carbocycles. The van der Waals surface area contributed by atoms with Crippen LogP contribution in [-0.4, -0.2) is 44.3 Å². The molecule has 1 amide bonds. The number of rotatable bonds is 6. The molecule has 184 valence electrons. The van der Waals surface area contributed by atoms with Crippen LogP contribution in [0.2, 0.25) is 0 Å². The average molecular weight is 499 g/mol. The van der Waals surface area contributed by atoms with Gasteiger partial charge in [-0.1, -0.05) is 18.2 Å². The van der Waals surface area contributed by atoms with Crippen LogP contribution in [0.5, 0.6) is 0 Å². The summed E-state index contributed by atoms with van der Waals surface area (Å²) >= 11 is 0. The largest absolute Gasteiger partial charge is 0.455 e. The quantitative estimate of drug-likeness (QED) is 0.610. The molecule has 0 radical (unpaired) electrons. The van der Waals surface area contributed by atoms with Gasteiger partial charge < -0.3 is 10.1 Å². The third-order valence-corrected chi connectivity index (χ3v) is 7.49. The molecule has 0 aromatic heterocycles. The highest BCUT2D eigenvalue weighted by Crippen LogP contribution is 2.32. The fourth-order valence-electron chi connectivity index (χ4n) is 3.63. The highest BCUT2D eigenvalue weighted by atomic mass is 32.2. The van der Waals surface area contributed by atoms with E-state index in [0.717, 1.165) is 33.6 Å². The molecule has 1 saturated heterocycles. The van der Waals surface area contributed by atoms with E-state index in [9.17, 15) is 31.2 Å². The third-order valence-electron chi connectivity index (χ3n) is 5.60. The Bertz CT molecular complexity index is 1170. The first-order chi connectivity index (χ1) is 15.9. The summed E-state index contributed by atoms with van der Waals surface area (Å²) < 4.78 is 70.5. The van der Waals surface area contributed by atoms with Crippen molar-refractivity contribution in [2.24, 2.45) is 5.92 Å². The summed E-state index contributed by atoms with van der Waals surface area (Å²) in [4.78, 5) is 24.1. The second kappa shape index (κ2) is 10.1. The maximum atomic E-state index is 12.9. The number of esters is 1. The van der Waals surface area contributed by atoms with Crippen LogP contribution in [0.4, 0.5) is 18.9 Å². The number of halogens is 3. The van der Waals surface area contributed by atoms with Gasteiger partial charge in [0.1, 0.15) is 0 Å². The summed E-state index contributed by atoms with van der Waals surface area (Å²) in [5.41, 5.74) is 1.39. The van der Waals surface area contributed by atoms with E-state index >= 15 is 0 Å². The lowest BCUT2D eigenvalue weighted by atomic mass is 9.98. The first-order valence-electron chi connectivity index (χ1n) is 10.6. The van der Waals surface area contributed by atoms with Crippen molar-refractivity contribution < 1.29 is 35.9 Å². The number of carbonyl (C=O) groups is 2. The van der Waals surface area contributed by atoms with Gasteiger partial charge in [-0.3, -0.25) is 9.59 Å². The lowest BCUT2D eigenvalue weighted by Crippen LogP contribution is -2.41. The first kappa shape index (κ1) is 25.7. The Balaban J connectivity index is 1.53. The monoisotopic (exact) mass is 498 g/mol. The van der Waals surface area contributed by atoms with E-state index in [-0.39, 0.29) is 25.9 Å². The summed E-state index contributed by atoms with van der Waals surface area (Å²) in [7, 11) is -4.14. The Kier molecular flexibility index (Phi) is 7.67. The van der Waals surface area contributed by atoms with Crippen molar-refractivity contribution >= 4 is 27.6 Å². The van der Waals surface area contributed by atoms with Gasteiger partial charge >= 0.3 is 12.1 Å².